The molecule has 1 aliphatic rings. The van der Waals surface area contributed by atoms with Gasteiger partial charge in [-0.15, -0.1) is 0 Å². The van der Waals surface area contributed by atoms with Gasteiger partial charge in [0.1, 0.15) is 6.10 Å². The van der Waals surface area contributed by atoms with Crippen LogP contribution in [0.5, 0.6) is 11.5 Å². The lowest BCUT2D eigenvalue weighted by Gasteiger charge is -2.27. The molecule has 1 unspecified atom stereocenters. The van der Waals surface area contributed by atoms with E-state index >= 15 is 0 Å². The van der Waals surface area contributed by atoms with Crippen molar-refractivity contribution in [3.05, 3.63) is 57.6 Å². The maximum absolute atomic E-state index is 5.99. The van der Waals surface area contributed by atoms with Crippen LogP contribution in [0.1, 0.15) is 22.8 Å². The van der Waals surface area contributed by atoms with Crippen LogP contribution in [0.2, 0.25) is 0 Å². The molecule has 2 aromatic rings. The first kappa shape index (κ1) is 14.4. The first-order valence-electron chi connectivity index (χ1n) is 6.85. The van der Waals surface area contributed by atoms with Gasteiger partial charge in [0.2, 0.25) is 0 Å². The predicted molar refractivity (Wildman–Crippen MR) is 85.2 cm³/mol. The summed E-state index contributed by atoms with van der Waals surface area (Å²) >= 11 is 3.47. The van der Waals surface area contributed by atoms with E-state index in [2.05, 4.69) is 34.1 Å². The van der Waals surface area contributed by atoms with Gasteiger partial charge in [-0.05, 0) is 47.4 Å². The summed E-state index contributed by atoms with van der Waals surface area (Å²) in [5.41, 5.74) is 3.56. The molecule has 0 aromatic heterocycles. The minimum absolute atomic E-state index is 0.0540. The van der Waals surface area contributed by atoms with Crippen LogP contribution in [0.3, 0.4) is 0 Å². The van der Waals surface area contributed by atoms with Gasteiger partial charge in [0.25, 0.3) is 0 Å². The van der Waals surface area contributed by atoms with Gasteiger partial charge in [-0.1, -0.05) is 28.1 Å². The molecule has 1 heterocycles. The van der Waals surface area contributed by atoms with Crippen LogP contribution in [-0.4, -0.2) is 20.8 Å². The Balaban J connectivity index is 2.06. The smallest absolute Gasteiger partial charge is 0.161 e. The Morgan fingerprint density at radius 1 is 1.05 bits per heavy atom. The predicted octanol–water partition coefficient (Wildman–Crippen LogP) is 4.13. The standard InChI is InChI=1S/C17H17BrO3/c1-19-15-9-12-7-8-21-17(14(12)10-16(15)20-2)11-3-5-13(18)6-4-11/h3-6,9-10,17H,7-8H2,1-2H3. The Morgan fingerprint density at radius 2 is 1.71 bits per heavy atom. The molecule has 0 aliphatic carbocycles. The minimum atomic E-state index is -0.0540. The summed E-state index contributed by atoms with van der Waals surface area (Å²) in [6.45, 7) is 0.712. The second kappa shape index (κ2) is 6.08. The maximum atomic E-state index is 5.99. The fourth-order valence-corrected chi connectivity index (χ4v) is 2.95. The summed E-state index contributed by atoms with van der Waals surface area (Å²) in [7, 11) is 3.32. The highest BCUT2D eigenvalue weighted by molar-refractivity contribution is 9.10. The van der Waals surface area contributed by atoms with Crippen molar-refractivity contribution >= 4 is 15.9 Å². The van der Waals surface area contributed by atoms with Gasteiger partial charge in [0.15, 0.2) is 11.5 Å². The molecule has 3 nitrogen and oxygen atoms in total. The van der Waals surface area contributed by atoms with Gasteiger partial charge in [-0.3, -0.25) is 0 Å². The largest absolute Gasteiger partial charge is 0.493 e. The van der Waals surface area contributed by atoms with E-state index in [4.69, 9.17) is 14.2 Å². The minimum Gasteiger partial charge on any atom is -0.493 e. The zero-order valence-electron chi connectivity index (χ0n) is 12.1. The van der Waals surface area contributed by atoms with Crippen molar-refractivity contribution in [2.24, 2.45) is 0 Å². The summed E-state index contributed by atoms with van der Waals surface area (Å²) in [4.78, 5) is 0. The molecule has 0 spiro atoms. The van der Waals surface area contributed by atoms with Crippen LogP contribution in [-0.2, 0) is 11.2 Å². The highest BCUT2D eigenvalue weighted by Gasteiger charge is 2.24. The molecule has 1 atom stereocenters. The van der Waals surface area contributed by atoms with Crippen molar-refractivity contribution in [3.63, 3.8) is 0 Å². The molecule has 0 fully saturated rings. The fourth-order valence-electron chi connectivity index (χ4n) is 2.69. The Kier molecular flexibility index (Phi) is 4.17. The molecule has 0 amide bonds. The van der Waals surface area contributed by atoms with Crippen LogP contribution in [0, 0.1) is 0 Å². The van der Waals surface area contributed by atoms with Crippen LogP contribution < -0.4 is 9.47 Å². The quantitative estimate of drug-likeness (QED) is 0.834. The SMILES string of the molecule is COc1cc2c(cc1OC)C(c1ccc(Br)cc1)OCC2. The molecule has 0 saturated carbocycles. The molecule has 21 heavy (non-hydrogen) atoms. The second-order valence-electron chi connectivity index (χ2n) is 4.96. The number of methoxy groups -OCH3 is 2. The van der Waals surface area contributed by atoms with Crippen molar-refractivity contribution in [3.8, 4) is 11.5 Å². The Morgan fingerprint density at radius 3 is 2.38 bits per heavy atom. The van der Waals surface area contributed by atoms with Crippen molar-refractivity contribution < 1.29 is 14.2 Å². The number of halogens is 1. The van der Waals surface area contributed by atoms with Crippen LogP contribution in [0.25, 0.3) is 0 Å². The molecular weight excluding hydrogens is 332 g/mol. The topological polar surface area (TPSA) is 27.7 Å². The van der Waals surface area contributed by atoms with E-state index in [0.29, 0.717) is 6.61 Å². The van der Waals surface area contributed by atoms with E-state index in [1.807, 2.05) is 18.2 Å². The van der Waals surface area contributed by atoms with Gasteiger partial charge < -0.3 is 14.2 Å². The van der Waals surface area contributed by atoms with Crippen molar-refractivity contribution in [1.29, 1.82) is 0 Å². The zero-order chi connectivity index (χ0) is 14.8. The monoisotopic (exact) mass is 348 g/mol. The zero-order valence-corrected chi connectivity index (χ0v) is 13.6. The first-order valence-corrected chi connectivity index (χ1v) is 7.64. The van der Waals surface area contributed by atoms with Gasteiger partial charge in [0, 0.05) is 4.47 Å². The van der Waals surface area contributed by atoms with Crippen molar-refractivity contribution in [2.75, 3.05) is 20.8 Å². The third-order valence-electron chi connectivity index (χ3n) is 3.76. The number of fused-ring (bicyclic) bond motifs is 1. The van der Waals surface area contributed by atoms with E-state index in [1.54, 1.807) is 14.2 Å². The molecule has 4 heteroatoms. The Hall–Kier alpha value is -1.52. The average molecular weight is 349 g/mol. The molecule has 3 rings (SSSR count). The van der Waals surface area contributed by atoms with E-state index in [9.17, 15) is 0 Å². The maximum Gasteiger partial charge on any atom is 0.161 e. The summed E-state index contributed by atoms with van der Waals surface area (Å²) < 4.78 is 17.9. The molecule has 0 saturated heterocycles. The van der Waals surface area contributed by atoms with Crippen LogP contribution in [0.4, 0.5) is 0 Å². The molecule has 0 radical (unpaired) electrons. The number of hydrogen-bond donors (Lipinski definition) is 0. The van der Waals surface area contributed by atoms with Crippen LogP contribution in [0.15, 0.2) is 40.9 Å². The summed E-state index contributed by atoms with van der Waals surface area (Å²) in [5.74, 6) is 1.51. The highest BCUT2D eigenvalue weighted by atomic mass is 79.9. The lowest BCUT2D eigenvalue weighted by Crippen LogP contribution is -2.17. The Labute approximate surface area is 133 Å². The van der Waals surface area contributed by atoms with E-state index in [1.165, 1.54) is 5.56 Å². The average Bonchev–Trinajstić information content (AvgIpc) is 2.53. The van der Waals surface area contributed by atoms with Gasteiger partial charge in [0.05, 0.1) is 20.8 Å². The van der Waals surface area contributed by atoms with E-state index in [-0.39, 0.29) is 6.10 Å². The number of hydrogen-bond acceptors (Lipinski definition) is 3. The lowest BCUT2D eigenvalue weighted by molar-refractivity contribution is 0.0695. The normalized spacial score (nSPS) is 17.2. The third-order valence-corrected chi connectivity index (χ3v) is 4.29. The summed E-state index contributed by atoms with van der Waals surface area (Å²) in [6.07, 6.45) is 0.838. The molecular formula is C17H17BrO3. The first-order chi connectivity index (χ1) is 10.2. The van der Waals surface area contributed by atoms with E-state index < -0.39 is 0 Å². The summed E-state index contributed by atoms with van der Waals surface area (Å²) in [5, 5.41) is 0. The highest BCUT2D eigenvalue weighted by Crippen LogP contribution is 2.39. The van der Waals surface area contributed by atoms with Gasteiger partial charge >= 0.3 is 0 Å². The molecule has 0 N–H and O–H groups in total. The molecule has 2 aromatic carbocycles. The number of ether oxygens (including phenoxy) is 3. The van der Waals surface area contributed by atoms with Crippen LogP contribution >= 0.6 is 15.9 Å². The Bertz CT molecular complexity index is 637. The van der Waals surface area contributed by atoms with Gasteiger partial charge in [-0.2, -0.15) is 0 Å². The second-order valence-corrected chi connectivity index (χ2v) is 5.87. The molecule has 110 valence electrons. The fraction of sp³-hybridized carbons (Fsp3) is 0.294. The molecule has 0 bridgehead atoms. The lowest BCUT2D eigenvalue weighted by atomic mass is 9.92. The molecule has 1 aliphatic heterocycles. The van der Waals surface area contributed by atoms with Crippen molar-refractivity contribution in [1.82, 2.24) is 0 Å². The van der Waals surface area contributed by atoms with E-state index in [0.717, 1.165) is 33.5 Å². The van der Waals surface area contributed by atoms with Gasteiger partial charge in [-0.25, -0.2) is 0 Å². The van der Waals surface area contributed by atoms with Crippen molar-refractivity contribution in [2.45, 2.75) is 12.5 Å². The number of benzene rings is 2. The summed E-state index contributed by atoms with van der Waals surface area (Å²) in [6, 6.07) is 12.3. The number of rotatable bonds is 3. The third kappa shape index (κ3) is 2.78.